The summed E-state index contributed by atoms with van der Waals surface area (Å²) in [5, 5.41) is 0. The molecule has 2 rings (SSSR count). The van der Waals surface area contributed by atoms with Gasteiger partial charge >= 0.3 is 0 Å². The van der Waals surface area contributed by atoms with Gasteiger partial charge in [0.25, 0.3) is 0 Å². The van der Waals surface area contributed by atoms with Crippen molar-refractivity contribution in [1.82, 2.24) is 9.62 Å². The lowest BCUT2D eigenvalue weighted by Crippen LogP contribution is -2.45. The summed E-state index contributed by atoms with van der Waals surface area (Å²) >= 11 is 0. The lowest BCUT2D eigenvalue weighted by atomic mass is 10.2. The van der Waals surface area contributed by atoms with Crippen molar-refractivity contribution in [1.29, 1.82) is 0 Å². The number of hydrogen-bond donors (Lipinski definition) is 1. The van der Waals surface area contributed by atoms with Gasteiger partial charge in [-0.25, -0.2) is 8.42 Å². The quantitative estimate of drug-likeness (QED) is 0.824. The fraction of sp³-hybridized carbons (Fsp3) is 0.467. The Balaban J connectivity index is 2.14. The Morgan fingerprint density at radius 1 is 1.23 bits per heavy atom. The summed E-state index contributed by atoms with van der Waals surface area (Å²) in [6, 6.07) is 4.96. The highest BCUT2D eigenvalue weighted by Crippen LogP contribution is 2.14. The SMILES string of the molecule is CC(=O)c1cccc(S(=O)(=O)N[C@H](C)C(=O)N2CCCC2)c1. The number of ketones is 1. The second-order valence-electron chi connectivity index (χ2n) is 5.46. The number of likely N-dealkylation sites (tertiary alicyclic amines) is 1. The van der Waals surface area contributed by atoms with E-state index >= 15 is 0 Å². The van der Waals surface area contributed by atoms with Gasteiger partial charge in [0.15, 0.2) is 5.78 Å². The molecule has 0 saturated carbocycles. The Bertz CT molecular complexity index is 679. The van der Waals surface area contributed by atoms with E-state index < -0.39 is 16.1 Å². The minimum Gasteiger partial charge on any atom is -0.341 e. The summed E-state index contributed by atoms with van der Waals surface area (Å²) in [6.45, 7) is 4.25. The van der Waals surface area contributed by atoms with Gasteiger partial charge in [-0.3, -0.25) is 9.59 Å². The van der Waals surface area contributed by atoms with Gasteiger partial charge in [0.05, 0.1) is 10.9 Å². The summed E-state index contributed by atoms with van der Waals surface area (Å²) in [5.74, 6) is -0.429. The third kappa shape index (κ3) is 3.72. The standard InChI is InChI=1S/C15H20N2O4S/c1-11(15(19)17-8-3-4-9-17)16-22(20,21)14-7-5-6-13(10-14)12(2)18/h5-7,10-11,16H,3-4,8-9H2,1-2H3/t11-/m1/s1. The van der Waals surface area contributed by atoms with E-state index in [1.54, 1.807) is 11.0 Å². The minimum atomic E-state index is -3.84. The molecule has 1 aliphatic heterocycles. The van der Waals surface area contributed by atoms with E-state index in [1.165, 1.54) is 32.0 Å². The average Bonchev–Trinajstić information content (AvgIpc) is 3.00. The summed E-state index contributed by atoms with van der Waals surface area (Å²) in [5.41, 5.74) is 0.321. The van der Waals surface area contributed by atoms with Crippen LogP contribution in [0.1, 0.15) is 37.0 Å². The number of Topliss-reactive ketones (excluding diaryl/α,β-unsaturated/α-hetero) is 1. The molecule has 7 heteroatoms. The summed E-state index contributed by atoms with van der Waals surface area (Å²) < 4.78 is 27.1. The van der Waals surface area contributed by atoms with Crippen molar-refractivity contribution in [3.05, 3.63) is 29.8 Å². The zero-order chi connectivity index (χ0) is 16.3. The van der Waals surface area contributed by atoms with Crippen molar-refractivity contribution in [2.75, 3.05) is 13.1 Å². The first kappa shape index (κ1) is 16.6. The maximum Gasteiger partial charge on any atom is 0.241 e. The van der Waals surface area contributed by atoms with Gasteiger partial charge in [-0.05, 0) is 38.8 Å². The van der Waals surface area contributed by atoms with Crippen LogP contribution in [-0.2, 0) is 14.8 Å². The number of amides is 1. The fourth-order valence-electron chi connectivity index (χ4n) is 2.44. The van der Waals surface area contributed by atoms with Crippen LogP contribution in [0.2, 0.25) is 0 Å². The Morgan fingerprint density at radius 3 is 2.45 bits per heavy atom. The first-order chi connectivity index (χ1) is 10.3. The lowest BCUT2D eigenvalue weighted by molar-refractivity contribution is -0.131. The highest BCUT2D eigenvalue weighted by atomic mass is 32.2. The van der Waals surface area contributed by atoms with E-state index in [9.17, 15) is 18.0 Å². The topological polar surface area (TPSA) is 83.5 Å². The molecule has 1 N–H and O–H groups in total. The Kier molecular flexibility index (Phi) is 4.97. The van der Waals surface area contributed by atoms with Crippen LogP contribution in [0.15, 0.2) is 29.2 Å². The van der Waals surface area contributed by atoms with Crippen molar-refractivity contribution in [2.45, 2.75) is 37.6 Å². The van der Waals surface area contributed by atoms with E-state index in [2.05, 4.69) is 4.72 Å². The zero-order valence-electron chi connectivity index (χ0n) is 12.7. The van der Waals surface area contributed by atoms with Gasteiger partial charge in [-0.15, -0.1) is 0 Å². The first-order valence-electron chi connectivity index (χ1n) is 7.23. The van der Waals surface area contributed by atoms with Gasteiger partial charge in [0.2, 0.25) is 15.9 Å². The monoisotopic (exact) mass is 324 g/mol. The van der Waals surface area contributed by atoms with E-state index in [4.69, 9.17) is 0 Å². The molecular weight excluding hydrogens is 304 g/mol. The van der Waals surface area contributed by atoms with Crippen LogP contribution in [0.25, 0.3) is 0 Å². The first-order valence-corrected chi connectivity index (χ1v) is 8.72. The molecular formula is C15H20N2O4S. The van der Waals surface area contributed by atoms with E-state index in [0.717, 1.165) is 12.8 Å². The van der Waals surface area contributed by atoms with Crippen molar-refractivity contribution < 1.29 is 18.0 Å². The molecule has 0 aliphatic carbocycles. The number of hydrogen-bond acceptors (Lipinski definition) is 4. The molecule has 1 aromatic rings. The van der Waals surface area contributed by atoms with E-state index in [1.807, 2.05) is 0 Å². The van der Waals surface area contributed by atoms with Crippen LogP contribution in [0.5, 0.6) is 0 Å². The molecule has 0 bridgehead atoms. The molecule has 1 saturated heterocycles. The number of nitrogens with zero attached hydrogens (tertiary/aromatic N) is 1. The van der Waals surface area contributed by atoms with Crippen LogP contribution in [0, 0.1) is 0 Å². The van der Waals surface area contributed by atoms with Crippen molar-refractivity contribution in [2.24, 2.45) is 0 Å². The fourth-order valence-corrected chi connectivity index (χ4v) is 3.69. The predicted octanol–water partition coefficient (Wildman–Crippen LogP) is 1.18. The number of carbonyl (C=O) groups is 2. The second-order valence-corrected chi connectivity index (χ2v) is 7.17. The second kappa shape index (κ2) is 6.58. The molecule has 1 amide bonds. The molecule has 120 valence electrons. The van der Waals surface area contributed by atoms with Crippen molar-refractivity contribution in [3.63, 3.8) is 0 Å². The molecule has 1 aromatic carbocycles. The average molecular weight is 324 g/mol. The smallest absolute Gasteiger partial charge is 0.241 e. The highest BCUT2D eigenvalue weighted by molar-refractivity contribution is 7.89. The van der Waals surface area contributed by atoms with Gasteiger partial charge in [0, 0.05) is 18.7 Å². The van der Waals surface area contributed by atoms with Gasteiger partial charge in [-0.2, -0.15) is 4.72 Å². The molecule has 0 unspecified atom stereocenters. The van der Waals surface area contributed by atoms with Gasteiger partial charge < -0.3 is 4.90 Å². The molecule has 0 spiro atoms. The number of sulfonamides is 1. The lowest BCUT2D eigenvalue weighted by Gasteiger charge is -2.21. The molecule has 1 heterocycles. The van der Waals surface area contributed by atoms with E-state index in [0.29, 0.717) is 18.7 Å². The molecule has 1 aliphatic rings. The number of benzene rings is 1. The Labute approximate surface area is 130 Å². The molecule has 0 aromatic heterocycles. The normalized spacial score (nSPS) is 16.5. The number of rotatable bonds is 5. The molecule has 22 heavy (non-hydrogen) atoms. The molecule has 1 atom stereocenters. The Hall–Kier alpha value is -1.73. The summed E-state index contributed by atoms with van der Waals surface area (Å²) in [7, 11) is -3.84. The minimum absolute atomic E-state index is 0.0127. The maximum atomic E-state index is 12.3. The van der Waals surface area contributed by atoms with Crippen LogP contribution < -0.4 is 4.72 Å². The van der Waals surface area contributed by atoms with E-state index in [-0.39, 0.29) is 16.6 Å². The van der Waals surface area contributed by atoms with Crippen LogP contribution >= 0.6 is 0 Å². The van der Waals surface area contributed by atoms with Gasteiger partial charge in [0.1, 0.15) is 0 Å². The molecule has 6 nitrogen and oxygen atoms in total. The summed E-state index contributed by atoms with van der Waals surface area (Å²) in [4.78, 5) is 25.2. The molecule has 0 radical (unpaired) electrons. The zero-order valence-corrected chi connectivity index (χ0v) is 13.5. The van der Waals surface area contributed by atoms with Crippen molar-refractivity contribution in [3.8, 4) is 0 Å². The summed E-state index contributed by atoms with van der Waals surface area (Å²) in [6.07, 6.45) is 1.90. The third-order valence-corrected chi connectivity index (χ3v) is 5.21. The third-order valence-electron chi connectivity index (χ3n) is 3.67. The van der Waals surface area contributed by atoms with Gasteiger partial charge in [-0.1, -0.05) is 12.1 Å². The highest BCUT2D eigenvalue weighted by Gasteiger charge is 2.27. The van der Waals surface area contributed by atoms with Crippen LogP contribution in [-0.4, -0.2) is 44.1 Å². The largest absolute Gasteiger partial charge is 0.341 e. The maximum absolute atomic E-state index is 12.3. The van der Waals surface area contributed by atoms with Crippen LogP contribution in [0.4, 0.5) is 0 Å². The Morgan fingerprint density at radius 2 is 1.86 bits per heavy atom. The predicted molar refractivity (Wildman–Crippen MR) is 82.0 cm³/mol. The van der Waals surface area contributed by atoms with Crippen molar-refractivity contribution >= 4 is 21.7 Å². The number of carbonyl (C=O) groups excluding carboxylic acids is 2. The molecule has 1 fully saturated rings. The van der Waals surface area contributed by atoms with Crippen LogP contribution in [0.3, 0.4) is 0 Å². The number of nitrogens with one attached hydrogen (secondary N) is 1.